The molecule has 0 amide bonds. The van der Waals surface area contributed by atoms with E-state index in [1.54, 1.807) is 13.8 Å². The van der Waals surface area contributed by atoms with Crippen LogP contribution in [-0.2, 0) is 16.4 Å². The second kappa shape index (κ2) is 10.4. The molecular weight excluding hydrogens is 563 g/mol. The number of fused-ring (bicyclic) bond motifs is 1. The number of aryl methyl sites for hydroxylation is 2. The molecule has 0 unspecified atom stereocenters. The highest BCUT2D eigenvalue weighted by atomic mass is 32.2. The van der Waals surface area contributed by atoms with Crippen molar-refractivity contribution in [1.82, 2.24) is 39.5 Å². The van der Waals surface area contributed by atoms with Gasteiger partial charge in [0.15, 0.2) is 27.1 Å². The van der Waals surface area contributed by atoms with Crippen molar-refractivity contribution in [3.05, 3.63) is 52.0 Å². The Morgan fingerprint density at radius 2 is 1.73 bits per heavy atom. The van der Waals surface area contributed by atoms with Crippen LogP contribution >= 0.6 is 0 Å². The summed E-state index contributed by atoms with van der Waals surface area (Å²) in [4.78, 5) is 43.2. The second-order valence-corrected chi connectivity index (χ2v) is 12.0. The van der Waals surface area contributed by atoms with E-state index in [9.17, 15) is 26.4 Å². The molecule has 0 bridgehead atoms. The van der Waals surface area contributed by atoms with Crippen LogP contribution in [-0.4, -0.2) is 59.8 Å². The molecule has 0 spiro atoms. The fourth-order valence-electron chi connectivity index (χ4n) is 4.31. The van der Waals surface area contributed by atoms with Gasteiger partial charge in [-0.3, -0.25) is 9.36 Å². The first-order chi connectivity index (χ1) is 19.3. The minimum Gasteiger partial charge on any atom is -0.358 e. The van der Waals surface area contributed by atoms with Crippen LogP contribution in [0.1, 0.15) is 61.6 Å². The summed E-state index contributed by atoms with van der Waals surface area (Å²) in [5.41, 5.74) is 0.751. The van der Waals surface area contributed by atoms with E-state index in [4.69, 9.17) is 0 Å². The van der Waals surface area contributed by atoms with Crippen molar-refractivity contribution in [3.63, 3.8) is 0 Å². The zero-order chi connectivity index (χ0) is 29.7. The quantitative estimate of drug-likeness (QED) is 0.321. The number of aromatic nitrogens is 8. The number of hydrogen-bond donors (Lipinski definition) is 1. The summed E-state index contributed by atoms with van der Waals surface area (Å²) < 4.78 is 66.6. The number of hydrogen-bond acceptors (Lipinski definition) is 11. The van der Waals surface area contributed by atoms with E-state index in [0.29, 0.717) is 15.8 Å². The molecule has 0 aromatic carbocycles. The monoisotopic (exact) mass is 589 g/mol. The van der Waals surface area contributed by atoms with Crippen LogP contribution in [0.15, 0.2) is 28.4 Å². The Morgan fingerprint density at radius 3 is 2.34 bits per heavy atom. The highest BCUT2D eigenvalue weighted by Crippen LogP contribution is 2.43. The average Bonchev–Trinajstić information content (AvgIpc) is 3.77. The van der Waals surface area contributed by atoms with E-state index in [1.807, 2.05) is 0 Å². The average molecular weight is 590 g/mol. The van der Waals surface area contributed by atoms with Gasteiger partial charge in [-0.25, -0.2) is 43.3 Å². The molecule has 4 aromatic rings. The number of anilines is 1. The molecule has 1 saturated carbocycles. The lowest BCUT2D eigenvalue weighted by Gasteiger charge is -2.21. The maximum absolute atomic E-state index is 14.0. The Kier molecular flexibility index (Phi) is 7.21. The van der Waals surface area contributed by atoms with Crippen molar-refractivity contribution in [2.75, 3.05) is 11.1 Å². The van der Waals surface area contributed by atoms with Gasteiger partial charge in [-0.2, -0.15) is 13.2 Å². The number of nitrogens with zero attached hydrogens (tertiary/aromatic N) is 8. The van der Waals surface area contributed by atoms with Gasteiger partial charge in [0.2, 0.25) is 0 Å². The second-order valence-electron chi connectivity index (χ2n) is 9.74. The minimum atomic E-state index is -4.77. The van der Waals surface area contributed by atoms with Gasteiger partial charge in [0.05, 0.1) is 34.9 Å². The summed E-state index contributed by atoms with van der Waals surface area (Å²) in [6.07, 6.45) is 0.758. The summed E-state index contributed by atoms with van der Waals surface area (Å²) in [5, 5.41) is 2.69. The third kappa shape index (κ3) is 5.47. The Bertz CT molecular complexity index is 1810. The molecule has 5 rings (SSSR count). The van der Waals surface area contributed by atoms with E-state index in [0.717, 1.165) is 37.9 Å². The highest BCUT2D eigenvalue weighted by molar-refractivity contribution is 7.91. The molecule has 1 aliphatic rings. The van der Waals surface area contributed by atoms with E-state index >= 15 is 0 Å². The normalized spacial score (nSPS) is 14.8. The fraction of sp³-hybridized carbons (Fsp3) is 0.440. The zero-order valence-corrected chi connectivity index (χ0v) is 23.4. The fourth-order valence-corrected chi connectivity index (χ4v) is 5.07. The summed E-state index contributed by atoms with van der Waals surface area (Å²) >= 11 is 0. The maximum Gasteiger partial charge on any atom is 0.409 e. The summed E-state index contributed by atoms with van der Waals surface area (Å²) in [7, 11) is -3.52. The Labute approximate surface area is 232 Å². The predicted octanol–water partition coefficient (Wildman–Crippen LogP) is 3.46. The number of nitrogens with one attached hydrogen (secondary N) is 1. The van der Waals surface area contributed by atoms with Crippen LogP contribution in [0.5, 0.6) is 0 Å². The number of alkyl halides is 3. The number of rotatable bonds is 8. The molecular formula is C25H26F3N9O3S. The Balaban J connectivity index is 1.61. The largest absolute Gasteiger partial charge is 0.409 e. The minimum absolute atomic E-state index is 0.000250. The van der Waals surface area contributed by atoms with Gasteiger partial charge in [0.1, 0.15) is 28.6 Å². The standard InChI is InChI=1S/C25H26F3N9O3S/c1-5-41(39,40)16-8-29-17(30-9-16)10-31-22-24(38)37(14(4)25(26,27)28)23-19(35-22)13(3)34-21(36-23)18-12(2)32-11-33-20(18)15-6-7-15/h8-9,11,14-15H,5-7,10H2,1-4H3,(H,31,35)/t14-/m0/s1. The molecule has 1 fully saturated rings. The van der Waals surface area contributed by atoms with Crippen molar-refractivity contribution < 1.29 is 21.6 Å². The lowest BCUT2D eigenvalue weighted by atomic mass is 10.1. The molecule has 1 aliphatic carbocycles. The van der Waals surface area contributed by atoms with Gasteiger partial charge in [-0.05, 0) is 33.6 Å². The molecule has 16 heteroatoms. The lowest BCUT2D eigenvalue weighted by molar-refractivity contribution is -0.162. The van der Waals surface area contributed by atoms with Crippen molar-refractivity contribution in [2.45, 2.75) is 70.1 Å². The summed E-state index contributed by atoms with van der Waals surface area (Å²) in [6.45, 7) is 5.46. The van der Waals surface area contributed by atoms with Crippen LogP contribution in [0, 0.1) is 13.8 Å². The van der Waals surface area contributed by atoms with Gasteiger partial charge in [-0.1, -0.05) is 6.92 Å². The van der Waals surface area contributed by atoms with Gasteiger partial charge in [0, 0.05) is 18.3 Å². The molecule has 0 aliphatic heterocycles. The van der Waals surface area contributed by atoms with Crippen molar-refractivity contribution in [2.24, 2.45) is 0 Å². The van der Waals surface area contributed by atoms with Crippen molar-refractivity contribution in [3.8, 4) is 11.4 Å². The summed E-state index contributed by atoms with van der Waals surface area (Å²) in [6, 6.07) is -2.24. The van der Waals surface area contributed by atoms with E-state index in [-0.39, 0.29) is 57.4 Å². The molecule has 12 nitrogen and oxygen atoms in total. The molecule has 216 valence electrons. The number of sulfone groups is 1. The first-order valence-corrected chi connectivity index (χ1v) is 14.4. The predicted molar refractivity (Wildman–Crippen MR) is 142 cm³/mol. The molecule has 4 aromatic heterocycles. The SMILES string of the molecule is CCS(=O)(=O)c1cnc(CNc2nc3c(C)nc(-c4c(C)ncnc4C4CC4)nc3n([C@@H](C)C(F)(F)F)c2=O)nc1. The van der Waals surface area contributed by atoms with Crippen molar-refractivity contribution >= 4 is 26.8 Å². The van der Waals surface area contributed by atoms with E-state index in [2.05, 4.69) is 40.2 Å². The molecule has 0 saturated heterocycles. The van der Waals surface area contributed by atoms with Gasteiger partial charge < -0.3 is 5.32 Å². The van der Waals surface area contributed by atoms with Crippen LogP contribution < -0.4 is 10.9 Å². The molecule has 4 heterocycles. The molecule has 1 atom stereocenters. The van der Waals surface area contributed by atoms with Crippen LogP contribution in [0.2, 0.25) is 0 Å². The van der Waals surface area contributed by atoms with E-state index < -0.39 is 27.6 Å². The van der Waals surface area contributed by atoms with Gasteiger partial charge in [0.25, 0.3) is 5.56 Å². The highest BCUT2D eigenvalue weighted by Gasteiger charge is 2.40. The zero-order valence-electron chi connectivity index (χ0n) is 22.6. The summed E-state index contributed by atoms with van der Waals surface area (Å²) in [5.74, 6) is -0.110. The third-order valence-corrected chi connectivity index (χ3v) is 8.55. The number of halogens is 3. The maximum atomic E-state index is 14.0. The smallest absolute Gasteiger partial charge is 0.358 e. The molecule has 1 N–H and O–H groups in total. The molecule has 0 radical (unpaired) electrons. The van der Waals surface area contributed by atoms with Crippen molar-refractivity contribution in [1.29, 1.82) is 0 Å². The molecule has 41 heavy (non-hydrogen) atoms. The van der Waals surface area contributed by atoms with Crippen LogP contribution in [0.3, 0.4) is 0 Å². The Hall–Kier alpha value is -4.08. The van der Waals surface area contributed by atoms with Crippen LogP contribution in [0.25, 0.3) is 22.6 Å². The lowest BCUT2D eigenvalue weighted by Crippen LogP contribution is -2.35. The van der Waals surface area contributed by atoms with Crippen LogP contribution in [0.4, 0.5) is 19.0 Å². The topological polar surface area (TPSA) is 158 Å². The Morgan fingerprint density at radius 1 is 1.05 bits per heavy atom. The van der Waals surface area contributed by atoms with E-state index in [1.165, 1.54) is 13.3 Å². The first kappa shape index (κ1) is 28.4. The first-order valence-electron chi connectivity index (χ1n) is 12.8. The third-order valence-electron chi connectivity index (χ3n) is 6.86. The van der Waals surface area contributed by atoms with Gasteiger partial charge >= 0.3 is 6.18 Å². The van der Waals surface area contributed by atoms with Gasteiger partial charge in [-0.15, -0.1) is 0 Å².